The number of azo groups is 1. The Balaban J connectivity index is 1.88. The fourth-order valence-corrected chi connectivity index (χ4v) is 2.69. The predicted octanol–water partition coefficient (Wildman–Crippen LogP) is 5.86. The van der Waals surface area contributed by atoms with Crippen molar-refractivity contribution in [3.8, 4) is 11.3 Å². The van der Waals surface area contributed by atoms with Gasteiger partial charge in [-0.05, 0) is 42.8 Å². The zero-order valence-electron chi connectivity index (χ0n) is 13.6. The maximum Gasteiger partial charge on any atom is 0.187 e. The minimum Gasteiger partial charge on any atom is -0.282 e. The van der Waals surface area contributed by atoms with E-state index < -0.39 is 0 Å². The summed E-state index contributed by atoms with van der Waals surface area (Å²) in [5.41, 5.74) is 4.22. The van der Waals surface area contributed by atoms with E-state index in [0.29, 0.717) is 11.5 Å². The van der Waals surface area contributed by atoms with Crippen molar-refractivity contribution < 1.29 is 4.39 Å². The van der Waals surface area contributed by atoms with Crippen LogP contribution in [0.15, 0.2) is 83.2 Å². The molecule has 0 aliphatic heterocycles. The third kappa shape index (κ3) is 2.92. The molecule has 0 spiro atoms. The standard InChI is InChI=1S/C20H15FN4/c1-14-6-5-13-25-19(14)22-18(15-7-3-2-4-8-15)20(25)24-23-17-11-9-16(21)10-12-17/h2-13H,1H3. The van der Waals surface area contributed by atoms with Gasteiger partial charge in [0.15, 0.2) is 5.82 Å². The summed E-state index contributed by atoms with van der Waals surface area (Å²) in [7, 11) is 0. The van der Waals surface area contributed by atoms with Gasteiger partial charge in [-0.25, -0.2) is 9.37 Å². The number of hydrogen-bond acceptors (Lipinski definition) is 3. The summed E-state index contributed by atoms with van der Waals surface area (Å²) < 4.78 is 15.0. The van der Waals surface area contributed by atoms with Gasteiger partial charge in [-0.15, -0.1) is 10.2 Å². The van der Waals surface area contributed by atoms with Crippen molar-refractivity contribution in [2.45, 2.75) is 6.92 Å². The van der Waals surface area contributed by atoms with Crippen molar-refractivity contribution in [3.63, 3.8) is 0 Å². The van der Waals surface area contributed by atoms with Crippen molar-refractivity contribution in [1.29, 1.82) is 0 Å². The summed E-state index contributed by atoms with van der Waals surface area (Å²) in [5, 5.41) is 8.67. The number of benzene rings is 2. The van der Waals surface area contributed by atoms with E-state index in [1.165, 1.54) is 12.1 Å². The number of imidazole rings is 1. The number of aryl methyl sites for hydroxylation is 1. The number of halogens is 1. The molecule has 0 saturated carbocycles. The van der Waals surface area contributed by atoms with Gasteiger partial charge in [0.1, 0.15) is 17.2 Å². The fourth-order valence-electron chi connectivity index (χ4n) is 2.69. The number of aromatic nitrogens is 2. The first-order valence-corrected chi connectivity index (χ1v) is 7.93. The van der Waals surface area contributed by atoms with Crippen molar-refractivity contribution in [2.24, 2.45) is 10.2 Å². The minimum absolute atomic E-state index is 0.297. The summed E-state index contributed by atoms with van der Waals surface area (Å²) in [6, 6.07) is 19.8. The van der Waals surface area contributed by atoms with E-state index >= 15 is 0 Å². The lowest BCUT2D eigenvalue weighted by molar-refractivity contribution is 0.628. The molecular formula is C20H15FN4. The van der Waals surface area contributed by atoms with Crippen molar-refractivity contribution in [2.75, 3.05) is 0 Å². The molecule has 2 heterocycles. The molecule has 0 N–H and O–H groups in total. The van der Waals surface area contributed by atoms with Gasteiger partial charge in [-0.2, -0.15) is 0 Å². The molecule has 0 aliphatic carbocycles. The Morgan fingerprint density at radius 1 is 0.880 bits per heavy atom. The van der Waals surface area contributed by atoms with E-state index in [9.17, 15) is 4.39 Å². The third-order valence-corrected chi connectivity index (χ3v) is 3.95. The Morgan fingerprint density at radius 3 is 2.40 bits per heavy atom. The number of nitrogens with zero attached hydrogens (tertiary/aromatic N) is 4. The van der Waals surface area contributed by atoms with Gasteiger partial charge >= 0.3 is 0 Å². The second kappa shape index (κ2) is 6.28. The van der Waals surface area contributed by atoms with Crippen molar-refractivity contribution in [1.82, 2.24) is 9.38 Å². The van der Waals surface area contributed by atoms with E-state index in [0.717, 1.165) is 22.5 Å². The first-order valence-electron chi connectivity index (χ1n) is 7.93. The van der Waals surface area contributed by atoms with E-state index in [1.807, 2.05) is 60.0 Å². The van der Waals surface area contributed by atoms with Crippen LogP contribution in [0, 0.1) is 12.7 Å². The Bertz CT molecular complexity index is 1050. The molecular weight excluding hydrogens is 315 g/mol. The van der Waals surface area contributed by atoms with Crippen LogP contribution in [0.1, 0.15) is 5.56 Å². The largest absolute Gasteiger partial charge is 0.282 e. The van der Waals surface area contributed by atoms with Crippen LogP contribution in [0.4, 0.5) is 15.9 Å². The number of pyridine rings is 1. The average Bonchev–Trinajstić information content (AvgIpc) is 3.02. The lowest BCUT2D eigenvalue weighted by atomic mass is 10.1. The average molecular weight is 330 g/mol. The predicted molar refractivity (Wildman–Crippen MR) is 95.9 cm³/mol. The molecule has 2 aromatic carbocycles. The molecule has 122 valence electrons. The van der Waals surface area contributed by atoms with Crippen molar-refractivity contribution in [3.05, 3.63) is 84.3 Å². The van der Waals surface area contributed by atoms with Crippen LogP contribution in [0.25, 0.3) is 16.9 Å². The lowest BCUT2D eigenvalue weighted by Crippen LogP contribution is -1.85. The Kier molecular flexibility index (Phi) is 3.82. The van der Waals surface area contributed by atoms with Crippen LogP contribution >= 0.6 is 0 Å². The molecule has 0 amide bonds. The molecule has 5 heteroatoms. The van der Waals surface area contributed by atoms with Gasteiger partial charge < -0.3 is 0 Å². The topological polar surface area (TPSA) is 42.0 Å². The zero-order valence-corrected chi connectivity index (χ0v) is 13.6. The van der Waals surface area contributed by atoms with Gasteiger partial charge in [0, 0.05) is 11.8 Å². The fraction of sp³-hybridized carbons (Fsp3) is 0.0500. The summed E-state index contributed by atoms with van der Waals surface area (Å²) in [4.78, 5) is 4.76. The van der Waals surface area contributed by atoms with E-state index in [-0.39, 0.29) is 5.82 Å². The van der Waals surface area contributed by atoms with Gasteiger partial charge in [-0.3, -0.25) is 4.40 Å². The van der Waals surface area contributed by atoms with E-state index in [1.54, 1.807) is 12.1 Å². The second-order valence-corrected chi connectivity index (χ2v) is 5.71. The smallest absolute Gasteiger partial charge is 0.187 e. The van der Waals surface area contributed by atoms with Crippen molar-refractivity contribution >= 4 is 17.2 Å². The summed E-state index contributed by atoms with van der Waals surface area (Å²) >= 11 is 0. The molecule has 4 nitrogen and oxygen atoms in total. The monoisotopic (exact) mass is 330 g/mol. The van der Waals surface area contributed by atoms with Crippen LogP contribution in [0.2, 0.25) is 0 Å². The van der Waals surface area contributed by atoms with E-state index in [4.69, 9.17) is 4.98 Å². The molecule has 2 aromatic heterocycles. The quantitative estimate of drug-likeness (QED) is 0.433. The lowest BCUT2D eigenvalue weighted by Gasteiger charge is -2.00. The highest BCUT2D eigenvalue weighted by atomic mass is 19.1. The minimum atomic E-state index is -0.297. The Hall–Kier alpha value is -3.34. The number of rotatable bonds is 3. The Labute approximate surface area is 144 Å². The summed E-state index contributed by atoms with van der Waals surface area (Å²) in [6.45, 7) is 2.01. The molecule has 0 radical (unpaired) electrons. The summed E-state index contributed by atoms with van der Waals surface area (Å²) in [6.07, 6.45) is 1.92. The highest BCUT2D eigenvalue weighted by Gasteiger charge is 2.14. The molecule has 0 fully saturated rings. The van der Waals surface area contributed by atoms with Crippen LogP contribution in [0.5, 0.6) is 0 Å². The maximum atomic E-state index is 13.1. The highest BCUT2D eigenvalue weighted by Crippen LogP contribution is 2.33. The first-order chi connectivity index (χ1) is 12.2. The van der Waals surface area contributed by atoms with Crippen LogP contribution in [0.3, 0.4) is 0 Å². The molecule has 0 aliphatic rings. The van der Waals surface area contributed by atoms with Gasteiger partial charge in [0.25, 0.3) is 0 Å². The summed E-state index contributed by atoms with van der Waals surface area (Å²) in [5.74, 6) is 0.351. The van der Waals surface area contributed by atoms with Gasteiger partial charge in [0.05, 0.1) is 5.69 Å². The highest BCUT2D eigenvalue weighted by molar-refractivity contribution is 5.75. The zero-order chi connectivity index (χ0) is 17.2. The molecule has 4 rings (SSSR count). The van der Waals surface area contributed by atoms with Gasteiger partial charge in [0.2, 0.25) is 0 Å². The van der Waals surface area contributed by atoms with Crippen LogP contribution in [-0.2, 0) is 0 Å². The van der Waals surface area contributed by atoms with E-state index in [2.05, 4.69) is 10.2 Å². The SMILES string of the molecule is Cc1cccn2c(N=Nc3ccc(F)cc3)c(-c3ccccc3)nc12. The second-order valence-electron chi connectivity index (χ2n) is 5.71. The number of hydrogen-bond donors (Lipinski definition) is 0. The van der Waals surface area contributed by atoms with Crippen LogP contribution < -0.4 is 0 Å². The molecule has 25 heavy (non-hydrogen) atoms. The molecule has 0 saturated heterocycles. The molecule has 0 atom stereocenters. The maximum absolute atomic E-state index is 13.1. The normalized spacial score (nSPS) is 11.4. The third-order valence-electron chi connectivity index (χ3n) is 3.95. The Morgan fingerprint density at radius 2 is 1.64 bits per heavy atom. The molecule has 0 bridgehead atoms. The van der Waals surface area contributed by atoms with Gasteiger partial charge in [-0.1, -0.05) is 36.4 Å². The van der Waals surface area contributed by atoms with Crippen LogP contribution in [-0.4, -0.2) is 9.38 Å². The molecule has 0 unspecified atom stereocenters. The molecule has 4 aromatic rings. The number of fused-ring (bicyclic) bond motifs is 1. The first kappa shape index (κ1) is 15.2.